The highest BCUT2D eigenvalue weighted by Crippen LogP contribution is 2.52. The van der Waals surface area contributed by atoms with Crippen molar-refractivity contribution in [3.63, 3.8) is 0 Å². The van der Waals surface area contributed by atoms with Crippen LogP contribution in [-0.2, 0) is 9.84 Å². The molecule has 0 bridgehead atoms. The lowest BCUT2D eigenvalue weighted by atomic mass is 10.1. The summed E-state index contributed by atoms with van der Waals surface area (Å²) in [5.74, 6) is -0.149. The summed E-state index contributed by atoms with van der Waals surface area (Å²) >= 11 is 0. The molecule has 1 aliphatic rings. The standard InChI is InChI=1S/C7H11NO3S/c1-12(10,11)3-6-2-7(6,4-8)5-9/h6,9H,2-3,5H2,1H3/t6-,7+/m0/s1. The first-order chi connectivity index (χ1) is 5.43. The van der Waals surface area contributed by atoms with Crippen LogP contribution in [0.3, 0.4) is 0 Å². The Morgan fingerprint density at radius 3 is 2.58 bits per heavy atom. The van der Waals surface area contributed by atoms with Gasteiger partial charge in [0.2, 0.25) is 0 Å². The van der Waals surface area contributed by atoms with E-state index in [0.29, 0.717) is 6.42 Å². The first-order valence-corrected chi connectivity index (χ1v) is 5.69. The Kier molecular flexibility index (Phi) is 2.15. The van der Waals surface area contributed by atoms with E-state index in [4.69, 9.17) is 10.4 Å². The van der Waals surface area contributed by atoms with Crippen molar-refractivity contribution < 1.29 is 13.5 Å². The molecular formula is C7H11NO3S. The van der Waals surface area contributed by atoms with Gasteiger partial charge in [-0.25, -0.2) is 8.42 Å². The van der Waals surface area contributed by atoms with E-state index < -0.39 is 15.3 Å². The Morgan fingerprint density at radius 2 is 2.33 bits per heavy atom. The normalized spacial score (nSPS) is 34.2. The number of rotatable bonds is 3. The summed E-state index contributed by atoms with van der Waals surface area (Å²) in [6.07, 6.45) is 1.65. The topological polar surface area (TPSA) is 78.2 Å². The molecule has 0 aromatic rings. The largest absolute Gasteiger partial charge is 0.395 e. The summed E-state index contributed by atoms with van der Waals surface area (Å²) in [5.41, 5.74) is -0.761. The van der Waals surface area contributed by atoms with E-state index in [1.807, 2.05) is 6.07 Å². The van der Waals surface area contributed by atoms with Gasteiger partial charge in [-0.3, -0.25) is 0 Å². The molecule has 0 heterocycles. The quantitative estimate of drug-likeness (QED) is 0.652. The minimum absolute atomic E-state index is 0.0150. The van der Waals surface area contributed by atoms with Crippen molar-refractivity contribution in [3.8, 4) is 6.07 Å². The van der Waals surface area contributed by atoms with E-state index in [-0.39, 0.29) is 18.3 Å². The van der Waals surface area contributed by atoms with Crippen LogP contribution in [0, 0.1) is 22.7 Å². The fourth-order valence-electron chi connectivity index (χ4n) is 1.33. The van der Waals surface area contributed by atoms with Gasteiger partial charge in [-0.05, 0) is 12.3 Å². The second kappa shape index (κ2) is 2.71. The fourth-order valence-corrected chi connectivity index (χ4v) is 2.50. The van der Waals surface area contributed by atoms with Gasteiger partial charge in [0.1, 0.15) is 9.84 Å². The molecule has 0 unspecified atom stereocenters. The summed E-state index contributed by atoms with van der Waals surface area (Å²) < 4.78 is 21.6. The summed E-state index contributed by atoms with van der Waals surface area (Å²) in [4.78, 5) is 0. The van der Waals surface area contributed by atoms with Crippen molar-refractivity contribution in [1.29, 1.82) is 5.26 Å². The molecule has 5 heteroatoms. The van der Waals surface area contributed by atoms with E-state index in [1.165, 1.54) is 0 Å². The molecule has 1 fully saturated rings. The summed E-state index contributed by atoms with van der Waals surface area (Å²) in [6, 6.07) is 1.96. The zero-order valence-corrected chi connectivity index (χ0v) is 7.63. The fraction of sp³-hybridized carbons (Fsp3) is 0.857. The Hall–Kier alpha value is -0.600. The van der Waals surface area contributed by atoms with Gasteiger partial charge in [0.05, 0.1) is 23.8 Å². The van der Waals surface area contributed by atoms with Crippen molar-refractivity contribution in [1.82, 2.24) is 0 Å². The first kappa shape index (κ1) is 9.49. The summed E-state index contributed by atoms with van der Waals surface area (Å²) in [7, 11) is -3.01. The maximum atomic E-state index is 10.8. The smallest absolute Gasteiger partial charge is 0.147 e. The third kappa shape index (κ3) is 1.76. The van der Waals surface area contributed by atoms with E-state index in [0.717, 1.165) is 6.26 Å². The van der Waals surface area contributed by atoms with Crippen LogP contribution in [0.15, 0.2) is 0 Å². The molecule has 0 saturated heterocycles. The number of hydrogen-bond donors (Lipinski definition) is 1. The average Bonchev–Trinajstić information content (AvgIpc) is 2.60. The molecule has 0 amide bonds. The zero-order valence-electron chi connectivity index (χ0n) is 6.82. The van der Waals surface area contributed by atoms with Crippen LogP contribution in [0.4, 0.5) is 0 Å². The van der Waals surface area contributed by atoms with Crippen LogP contribution in [0.1, 0.15) is 6.42 Å². The first-order valence-electron chi connectivity index (χ1n) is 3.63. The van der Waals surface area contributed by atoms with Crippen LogP contribution in [-0.4, -0.2) is 32.1 Å². The number of nitriles is 1. The highest BCUT2D eigenvalue weighted by Gasteiger charge is 2.55. The van der Waals surface area contributed by atoms with Gasteiger partial charge in [-0.15, -0.1) is 0 Å². The SMILES string of the molecule is CS(=O)(=O)C[C@@H]1C[C@@]1(C#N)CO. The molecule has 4 nitrogen and oxygen atoms in total. The van der Waals surface area contributed by atoms with Crippen molar-refractivity contribution in [3.05, 3.63) is 0 Å². The predicted molar refractivity (Wildman–Crippen MR) is 42.9 cm³/mol. The molecule has 1 N–H and O–H groups in total. The predicted octanol–water partition coefficient (Wildman–Crippen LogP) is -0.447. The molecule has 2 atom stereocenters. The van der Waals surface area contributed by atoms with Crippen molar-refractivity contribution in [2.24, 2.45) is 11.3 Å². The van der Waals surface area contributed by atoms with Crippen LogP contribution >= 0.6 is 0 Å². The van der Waals surface area contributed by atoms with Gasteiger partial charge in [0, 0.05) is 6.26 Å². The Bertz CT molecular complexity index is 316. The second-order valence-corrected chi connectivity index (χ2v) is 5.60. The van der Waals surface area contributed by atoms with Crippen molar-refractivity contribution >= 4 is 9.84 Å². The third-order valence-electron chi connectivity index (χ3n) is 2.24. The lowest BCUT2D eigenvalue weighted by Gasteiger charge is -2.01. The van der Waals surface area contributed by atoms with Gasteiger partial charge >= 0.3 is 0 Å². The van der Waals surface area contributed by atoms with Crippen LogP contribution in [0.2, 0.25) is 0 Å². The van der Waals surface area contributed by atoms with Crippen LogP contribution < -0.4 is 0 Å². The molecule has 12 heavy (non-hydrogen) atoms. The maximum absolute atomic E-state index is 10.8. The molecule has 1 rings (SSSR count). The Labute approximate surface area is 71.7 Å². The van der Waals surface area contributed by atoms with E-state index in [2.05, 4.69) is 0 Å². The van der Waals surface area contributed by atoms with Gasteiger partial charge in [0.15, 0.2) is 0 Å². The molecular weight excluding hydrogens is 178 g/mol. The lowest BCUT2D eigenvalue weighted by molar-refractivity contribution is 0.237. The van der Waals surface area contributed by atoms with Gasteiger partial charge in [-0.1, -0.05) is 0 Å². The number of nitrogens with zero attached hydrogens (tertiary/aromatic N) is 1. The number of hydrogen-bond acceptors (Lipinski definition) is 4. The Morgan fingerprint density at radius 1 is 1.75 bits per heavy atom. The number of aliphatic hydroxyl groups excluding tert-OH is 1. The molecule has 68 valence electrons. The molecule has 0 radical (unpaired) electrons. The highest BCUT2D eigenvalue weighted by molar-refractivity contribution is 7.90. The van der Waals surface area contributed by atoms with Gasteiger partial charge in [-0.2, -0.15) is 5.26 Å². The monoisotopic (exact) mass is 189 g/mol. The minimum Gasteiger partial charge on any atom is -0.395 e. The average molecular weight is 189 g/mol. The summed E-state index contributed by atoms with van der Waals surface area (Å²) in [6.45, 7) is -0.232. The van der Waals surface area contributed by atoms with Crippen molar-refractivity contribution in [2.45, 2.75) is 6.42 Å². The molecule has 0 spiro atoms. The van der Waals surface area contributed by atoms with E-state index >= 15 is 0 Å². The molecule has 0 aliphatic heterocycles. The minimum atomic E-state index is -3.01. The maximum Gasteiger partial charge on any atom is 0.147 e. The van der Waals surface area contributed by atoms with E-state index in [1.54, 1.807) is 0 Å². The lowest BCUT2D eigenvalue weighted by Crippen LogP contribution is -2.13. The van der Waals surface area contributed by atoms with Crippen molar-refractivity contribution in [2.75, 3.05) is 18.6 Å². The molecule has 1 saturated carbocycles. The van der Waals surface area contributed by atoms with Crippen LogP contribution in [0.5, 0.6) is 0 Å². The molecule has 0 aromatic carbocycles. The number of sulfone groups is 1. The zero-order chi connectivity index (χ0) is 9.41. The van der Waals surface area contributed by atoms with Gasteiger partial charge in [0.25, 0.3) is 0 Å². The van der Waals surface area contributed by atoms with Crippen LogP contribution in [0.25, 0.3) is 0 Å². The summed E-state index contributed by atoms with van der Waals surface area (Å²) in [5, 5.41) is 17.4. The molecule has 0 aromatic heterocycles. The number of aliphatic hydroxyl groups is 1. The Balaban J connectivity index is 2.59. The van der Waals surface area contributed by atoms with E-state index in [9.17, 15) is 8.42 Å². The third-order valence-corrected chi connectivity index (χ3v) is 3.25. The molecule has 1 aliphatic carbocycles. The highest BCUT2D eigenvalue weighted by atomic mass is 32.2. The second-order valence-electron chi connectivity index (χ2n) is 3.42. The van der Waals surface area contributed by atoms with Gasteiger partial charge < -0.3 is 5.11 Å².